The maximum Gasteiger partial charge on any atom is 0.198 e. The van der Waals surface area contributed by atoms with Crippen molar-refractivity contribution in [3.63, 3.8) is 0 Å². The molecule has 0 aromatic carbocycles. The fourth-order valence-electron chi connectivity index (χ4n) is 0.987. The van der Waals surface area contributed by atoms with E-state index in [4.69, 9.17) is 0 Å². The summed E-state index contributed by atoms with van der Waals surface area (Å²) in [6, 6.07) is 4.14. The van der Waals surface area contributed by atoms with Gasteiger partial charge in [-0.05, 0) is 23.8 Å². The van der Waals surface area contributed by atoms with Crippen molar-refractivity contribution in [3.05, 3.63) is 22.4 Å². The van der Waals surface area contributed by atoms with Gasteiger partial charge in [0.2, 0.25) is 0 Å². The highest BCUT2D eigenvalue weighted by Crippen LogP contribution is 2.15. The molecule has 59 valence electrons. The first-order valence-electron chi connectivity index (χ1n) is 3.70. The Morgan fingerprint density at radius 2 is 2.55 bits per heavy atom. The maximum absolute atomic E-state index is 10.0. The molecule has 1 heterocycles. The molecule has 11 heavy (non-hydrogen) atoms. The first-order valence-corrected chi connectivity index (χ1v) is 4.58. The van der Waals surface area contributed by atoms with Gasteiger partial charge in [0.25, 0.3) is 0 Å². The first-order chi connectivity index (χ1) is 5.33. The van der Waals surface area contributed by atoms with Crippen molar-refractivity contribution in [2.24, 2.45) is 5.92 Å². The third kappa shape index (κ3) is 2.85. The summed E-state index contributed by atoms with van der Waals surface area (Å²) >= 11 is 1.75. The van der Waals surface area contributed by atoms with E-state index in [0.717, 1.165) is 6.42 Å². The molecule has 0 saturated heterocycles. The van der Waals surface area contributed by atoms with Crippen LogP contribution in [0.5, 0.6) is 0 Å². The van der Waals surface area contributed by atoms with Crippen LogP contribution in [0.4, 0.5) is 0 Å². The van der Waals surface area contributed by atoms with Crippen molar-refractivity contribution in [2.45, 2.75) is 19.8 Å². The van der Waals surface area contributed by atoms with E-state index in [1.165, 1.54) is 4.88 Å². The molecule has 1 aromatic heterocycles. The van der Waals surface area contributed by atoms with Gasteiger partial charge in [0.15, 0.2) is 6.29 Å². The summed E-state index contributed by atoms with van der Waals surface area (Å²) in [5.41, 5.74) is 0. The van der Waals surface area contributed by atoms with Gasteiger partial charge in [-0.1, -0.05) is 13.0 Å². The molecule has 0 amide bonds. The Hall–Kier alpha value is -0.630. The molecule has 1 radical (unpaired) electrons. The summed E-state index contributed by atoms with van der Waals surface area (Å²) < 4.78 is 0. The van der Waals surface area contributed by atoms with Crippen LogP contribution in [0.15, 0.2) is 17.5 Å². The second-order valence-electron chi connectivity index (χ2n) is 2.74. The van der Waals surface area contributed by atoms with Gasteiger partial charge in [-0.3, -0.25) is 4.79 Å². The lowest BCUT2D eigenvalue weighted by atomic mass is 10.0. The highest BCUT2D eigenvalue weighted by molar-refractivity contribution is 7.09. The van der Waals surface area contributed by atoms with Crippen LogP contribution in [-0.4, -0.2) is 6.29 Å². The Balaban J connectivity index is 2.37. The lowest BCUT2D eigenvalue weighted by Crippen LogP contribution is -1.98. The molecule has 0 bridgehead atoms. The van der Waals surface area contributed by atoms with Crippen LogP contribution in [0, 0.1) is 5.92 Å². The van der Waals surface area contributed by atoms with Crippen molar-refractivity contribution < 1.29 is 4.79 Å². The second-order valence-corrected chi connectivity index (χ2v) is 3.77. The summed E-state index contributed by atoms with van der Waals surface area (Å²) in [6.07, 6.45) is 3.49. The summed E-state index contributed by atoms with van der Waals surface area (Å²) in [4.78, 5) is 11.4. The third-order valence-electron chi connectivity index (χ3n) is 1.56. The average Bonchev–Trinajstić information content (AvgIpc) is 2.40. The van der Waals surface area contributed by atoms with E-state index < -0.39 is 0 Å². The van der Waals surface area contributed by atoms with Crippen LogP contribution in [0.1, 0.15) is 18.2 Å². The third-order valence-corrected chi connectivity index (χ3v) is 2.46. The van der Waals surface area contributed by atoms with Crippen LogP contribution in [0.25, 0.3) is 0 Å². The van der Waals surface area contributed by atoms with Gasteiger partial charge in [-0.2, -0.15) is 0 Å². The van der Waals surface area contributed by atoms with E-state index in [2.05, 4.69) is 18.4 Å². The number of thiophene rings is 1. The molecule has 0 saturated carbocycles. The summed E-state index contributed by atoms with van der Waals surface area (Å²) in [7, 11) is 0. The predicted octanol–water partition coefficient (Wildman–Crippen LogP) is 2.43. The lowest BCUT2D eigenvalue weighted by molar-refractivity contribution is 0.523. The Labute approximate surface area is 71.1 Å². The van der Waals surface area contributed by atoms with Crippen molar-refractivity contribution in [1.82, 2.24) is 0 Å². The molecule has 1 nitrogen and oxygen atoms in total. The average molecular weight is 167 g/mol. The van der Waals surface area contributed by atoms with Crippen molar-refractivity contribution in [1.29, 1.82) is 0 Å². The highest BCUT2D eigenvalue weighted by Gasteiger charge is 2.03. The minimum Gasteiger partial charge on any atom is -0.291 e. The summed E-state index contributed by atoms with van der Waals surface area (Å²) in [6.45, 7) is 2.07. The fourth-order valence-corrected chi connectivity index (χ4v) is 1.86. The summed E-state index contributed by atoms with van der Waals surface area (Å²) in [5, 5.41) is 2.06. The van der Waals surface area contributed by atoms with Gasteiger partial charge in [0.1, 0.15) is 0 Å². The van der Waals surface area contributed by atoms with Crippen LogP contribution in [0.3, 0.4) is 0 Å². The van der Waals surface area contributed by atoms with Crippen molar-refractivity contribution in [3.8, 4) is 0 Å². The van der Waals surface area contributed by atoms with Crippen LogP contribution < -0.4 is 0 Å². The van der Waals surface area contributed by atoms with E-state index in [-0.39, 0.29) is 0 Å². The number of hydrogen-bond donors (Lipinski definition) is 0. The quantitative estimate of drug-likeness (QED) is 0.673. The van der Waals surface area contributed by atoms with E-state index >= 15 is 0 Å². The largest absolute Gasteiger partial charge is 0.291 e. The summed E-state index contributed by atoms with van der Waals surface area (Å²) in [5.74, 6) is 0.436. The molecule has 1 aromatic rings. The van der Waals surface area contributed by atoms with E-state index in [1.807, 2.05) is 12.4 Å². The zero-order valence-corrected chi connectivity index (χ0v) is 7.36. The van der Waals surface area contributed by atoms with Crippen molar-refractivity contribution >= 4 is 17.6 Å². The highest BCUT2D eigenvalue weighted by atomic mass is 32.1. The molecule has 1 atom stereocenters. The second kappa shape index (κ2) is 4.29. The number of rotatable bonds is 4. The first kappa shape index (κ1) is 8.47. The van der Waals surface area contributed by atoms with Crippen LogP contribution >= 0.6 is 11.3 Å². The van der Waals surface area contributed by atoms with E-state index in [1.54, 1.807) is 11.3 Å². The van der Waals surface area contributed by atoms with Crippen LogP contribution in [0.2, 0.25) is 0 Å². The predicted molar refractivity (Wildman–Crippen MR) is 47.5 cm³/mol. The zero-order chi connectivity index (χ0) is 8.10. The molecule has 0 fully saturated rings. The molecule has 2 heteroatoms. The molecule has 0 N–H and O–H groups in total. The van der Waals surface area contributed by atoms with Gasteiger partial charge < -0.3 is 0 Å². The van der Waals surface area contributed by atoms with E-state index in [0.29, 0.717) is 12.3 Å². The Kier molecular flexibility index (Phi) is 3.30. The Morgan fingerprint density at radius 1 is 1.73 bits per heavy atom. The topological polar surface area (TPSA) is 17.1 Å². The minimum atomic E-state index is 0.436. The standard InChI is InChI=1S/C9H11OS/c1-8(4-5-10)7-9-3-2-6-11-9/h2-3,6,8H,4,7H2,1H3. The molecule has 0 spiro atoms. The molecular formula is C9H11OS. The molecular weight excluding hydrogens is 156 g/mol. The van der Waals surface area contributed by atoms with Crippen molar-refractivity contribution in [2.75, 3.05) is 0 Å². The Bertz CT molecular complexity index is 203. The van der Waals surface area contributed by atoms with Crippen LogP contribution in [-0.2, 0) is 11.2 Å². The molecule has 1 unspecified atom stereocenters. The molecule has 1 rings (SSSR count). The normalized spacial score (nSPS) is 12.8. The maximum atomic E-state index is 10.0. The van der Waals surface area contributed by atoms with Gasteiger partial charge in [-0.15, -0.1) is 11.3 Å². The minimum absolute atomic E-state index is 0.436. The van der Waals surface area contributed by atoms with E-state index in [9.17, 15) is 4.79 Å². The smallest absolute Gasteiger partial charge is 0.198 e. The zero-order valence-electron chi connectivity index (χ0n) is 6.54. The molecule has 0 aliphatic heterocycles. The lowest BCUT2D eigenvalue weighted by Gasteiger charge is -2.02. The molecule has 0 aliphatic rings. The SMILES string of the molecule is CC(C[C]=O)Cc1cccs1. The van der Waals surface area contributed by atoms with Gasteiger partial charge in [-0.25, -0.2) is 0 Å². The number of carbonyl (C=O) groups excluding carboxylic acids is 1. The monoisotopic (exact) mass is 167 g/mol. The molecule has 0 aliphatic carbocycles. The van der Waals surface area contributed by atoms with Gasteiger partial charge in [0.05, 0.1) is 0 Å². The number of hydrogen-bond acceptors (Lipinski definition) is 2. The van der Waals surface area contributed by atoms with Gasteiger partial charge >= 0.3 is 0 Å². The fraction of sp³-hybridized carbons (Fsp3) is 0.444. The Morgan fingerprint density at radius 3 is 3.09 bits per heavy atom. The van der Waals surface area contributed by atoms with Gasteiger partial charge in [0, 0.05) is 11.3 Å².